The maximum Gasteiger partial charge on any atom is 0.325 e. The Morgan fingerprint density at radius 2 is 1.76 bits per heavy atom. The van der Waals surface area contributed by atoms with Crippen molar-refractivity contribution in [2.45, 2.75) is 24.9 Å². The molecule has 0 aliphatic carbocycles. The molecule has 1 aliphatic heterocycles. The molecule has 0 saturated carbocycles. The Kier molecular flexibility index (Phi) is 6.61. The van der Waals surface area contributed by atoms with E-state index in [4.69, 9.17) is 11.5 Å². The summed E-state index contributed by atoms with van der Waals surface area (Å²) < 4.78 is 0. The van der Waals surface area contributed by atoms with Gasteiger partial charge in [0.25, 0.3) is 5.91 Å². The number of rotatable bonds is 8. The van der Waals surface area contributed by atoms with E-state index in [1.54, 1.807) is 54.6 Å². The minimum atomic E-state index is -1.40. The van der Waals surface area contributed by atoms with Crippen LogP contribution in [0.3, 0.4) is 0 Å². The van der Waals surface area contributed by atoms with Crippen LogP contribution >= 0.6 is 0 Å². The number of benzene rings is 2. The van der Waals surface area contributed by atoms with Crippen molar-refractivity contribution in [3.05, 3.63) is 65.7 Å². The molecule has 7 N–H and O–H groups in total. The number of nitrogens with zero attached hydrogens (tertiary/aromatic N) is 2. The van der Waals surface area contributed by atoms with Gasteiger partial charge in [-0.05, 0) is 30.2 Å². The van der Waals surface area contributed by atoms with Gasteiger partial charge in [0.2, 0.25) is 5.91 Å². The molecule has 1 fully saturated rings. The van der Waals surface area contributed by atoms with Crippen LogP contribution in [0.15, 0.2) is 59.6 Å². The van der Waals surface area contributed by atoms with Crippen molar-refractivity contribution in [1.29, 1.82) is 0 Å². The summed E-state index contributed by atoms with van der Waals surface area (Å²) in [5, 5.41) is 14.4. The van der Waals surface area contributed by atoms with Gasteiger partial charge in [-0.15, -0.1) is 0 Å². The lowest BCUT2D eigenvalue weighted by atomic mass is 9.92. The van der Waals surface area contributed by atoms with Gasteiger partial charge in [-0.2, -0.15) is 0 Å². The number of aliphatic carboxylic acids is 1. The Morgan fingerprint density at radius 1 is 1.12 bits per heavy atom. The maximum atomic E-state index is 13.1. The zero-order valence-corrected chi connectivity index (χ0v) is 17.8. The van der Waals surface area contributed by atoms with Crippen molar-refractivity contribution in [3.8, 4) is 0 Å². The second kappa shape index (κ2) is 9.39. The molecule has 1 aliphatic rings. The maximum absolute atomic E-state index is 13.1. The smallest absolute Gasteiger partial charge is 0.325 e. The molecular weight excluding hydrogens is 428 g/mol. The first kappa shape index (κ1) is 23.3. The van der Waals surface area contributed by atoms with E-state index in [0.717, 1.165) is 4.90 Å². The van der Waals surface area contributed by atoms with E-state index in [1.165, 1.54) is 6.92 Å². The van der Waals surface area contributed by atoms with Gasteiger partial charge < -0.3 is 27.2 Å². The van der Waals surface area contributed by atoms with Gasteiger partial charge in [0.1, 0.15) is 12.1 Å². The largest absolute Gasteiger partial charge is 0.481 e. The van der Waals surface area contributed by atoms with Crippen LogP contribution in [0, 0.1) is 0 Å². The number of carbonyl (C=O) groups excluding carboxylic acids is 3. The lowest BCUT2D eigenvalue weighted by molar-refractivity contribution is -0.138. The Morgan fingerprint density at radius 3 is 2.33 bits per heavy atom. The van der Waals surface area contributed by atoms with Crippen LogP contribution in [0.5, 0.6) is 0 Å². The average molecular weight is 452 g/mol. The highest BCUT2D eigenvalue weighted by Crippen LogP contribution is 2.30. The molecule has 1 heterocycles. The highest BCUT2D eigenvalue weighted by Gasteiger charge is 2.49. The number of nitrogens with two attached hydrogens (primary N) is 2. The van der Waals surface area contributed by atoms with Crippen molar-refractivity contribution in [2.75, 3.05) is 6.54 Å². The predicted octanol–water partition coefficient (Wildman–Crippen LogP) is 0.691. The monoisotopic (exact) mass is 452 g/mol. The fraction of sp³-hybridized carbons (Fsp3) is 0.227. The summed E-state index contributed by atoms with van der Waals surface area (Å²) in [6.07, 6.45) is -0.351. The van der Waals surface area contributed by atoms with E-state index >= 15 is 0 Å². The Labute approximate surface area is 189 Å². The van der Waals surface area contributed by atoms with Crippen LogP contribution in [0.25, 0.3) is 0 Å². The lowest BCUT2D eigenvalue weighted by Crippen LogP contribution is -2.44. The number of carbonyl (C=O) groups is 4. The van der Waals surface area contributed by atoms with Gasteiger partial charge in [-0.25, -0.2) is 9.79 Å². The molecule has 0 unspecified atom stereocenters. The van der Waals surface area contributed by atoms with Crippen molar-refractivity contribution in [3.63, 3.8) is 0 Å². The summed E-state index contributed by atoms with van der Waals surface area (Å²) in [6.45, 7) is 0.965. The zero-order valence-electron chi connectivity index (χ0n) is 17.8. The third-order valence-corrected chi connectivity index (χ3v) is 5.20. The molecule has 3 rings (SSSR count). The van der Waals surface area contributed by atoms with E-state index in [1.807, 2.05) is 0 Å². The van der Waals surface area contributed by atoms with E-state index in [0.29, 0.717) is 16.8 Å². The van der Waals surface area contributed by atoms with E-state index in [9.17, 15) is 24.3 Å². The number of urea groups is 1. The van der Waals surface area contributed by atoms with Crippen LogP contribution < -0.4 is 22.1 Å². The van der Waals surface area contributed by atoms with Gasteiger partial charge in [0, 0.05) is 0 Å². The number of guanidine groups is 1. The second-order valence-electron chi connectivity index (χ2n) is 7.66. The lowest BCUT2D eigenvalue weighted by Gasteiger charge is -2.23. The average Bonchev–Trinajstić information content (AvgIpc) is 2.97. The molecule has 2 aromatic rings. The molecule has 4 amide bonds. The molecule has 11 nitrogen and oxygen atoms in total. The molecule has 0 spiro atoms. The molecule has 0 bridgehead atoms. The molecule has 0 aromatic heterocycles. The molecule has 33 heavy (non-hydrogen) atoms. The molecule has 2 aromatic carbocycles. The molecule has 2 atom stereocenters. The molecule has 172 valence electrons. The predicted molar refractivity (Wildman–Crippen MR) is 119 cm³/mol. The zero-order chi connectivity index (χ0) is 24.2. The number of aliphatic imine (C=N–C) groups is 1. The summed E-state index contributed by atoms with van der Waals surface area (Å²) in [5.41, 5.74) is 10.9. The highest BCUT2D eigenvalue weighted by atomic mass is 16.4. The number of nitrogens with one attached hydrogen (secondary N) is 2. The number of carboxylic acid groups (broad SMARTS) is 1. The molecule has 0 radical (unpaired) electrons. The second-order valence-corrected chi connectivity index (χ2v) is 7.66. The van der Waals surface area contributed by atoms with E-state index in [-0.39, 0.29) is 12.4 Å². The number of hydrogen-bond donors (Lipinski definition) is 5. The van der Waals surface area contributed by atoms with Gasteiger partial charge in [0.15, 0.2) is 5.96 Å². The van der Waals surface area contributed by atoms with Gasteiger partial charge >= 0.3 is 12.0 Å². The van der Waals surface area contributed by atoms with Crippen molar-refractivity contribution < 1.29 is 24.3 Å². The summed E-state index contributed by atoms with van der Waals surface area (Å²) >= 11 is 0. The van der Waals surface area contributed by atoms with E-state index < -0.39 is 41.9 Å². The summed E-state index contributed by atoms with van der Waals surface area (Å²) in [6, 6.07) is 13.4. The van der Waals surface area contributed by atoms with E-state index in [2.05, 4.69) is 15.6 Å². The topological polar surface area (TPSA) is 180 Å². The first-order chi connectivity index (χ1) is 15.6. The number of carboxylic acids is 1. The highest BCUT2D eigenvalue weighted by molar-refractivity contribution is 6.09. The van der Waals surface area contributed by atoms with Crippen LogP contribution in [-0.4, -0.2) is 46.3 Å². The van der Waals surface area contributed by atoms with Crippen LogP contribution in [0.4, 0.5) is 10.5 Å². The van der Waals surface area contributed by atoms with Crippen molar-refractivity contribution in [1.82, 2.24) is 15.5 Å². The standard InChI is InChI=1S/C22H24N6O5/c1-22(14-7-9-15(10-8-14)25-20(23)24)19(32)28(21(33)27-22)12-17(29)26-16(11-18(30)31)13-5-3-2-4-6-13/h2-10,16H,11-12H2,1H3,(H,26,29)(H,27,33)(H,30,31)(H4,23,24,25)/t16-,22+/m1/s1. The first-order valence-corrected chi connectivity index (χ1v) is 10.0. The third kappa shape index (κ3) is 5.26. The van der Waals surface area contributed by atoms with Gasteiger partial charge in [-0.3, -0.25) is 19.3 Å². The minimum absolute atomic E-state index is 0.118. The van der Waals surface area contributed by atoms with Crippen LogP contribution in [0.2, 0.25) is 0 Å². The molecule has 1 saturated heterocycles. The summed E-state index contributed by atoms with van der Waals surface area (Å²) in [4.78, 5) is 54.2. The minimum Gasteiger partial charge on any atom is -0.481 e. The molecule has 11 heteroatoms. The normalized spacial score (nSPS) is 18.4. The molecular formula is C22H24N6O5. The number of amides is 4. The SMILES string of the molecule is C[C@@]1(c2ccc(N=C(N)N)cc2)NC(=O)N(CC(=O)N[C@H](CC(=O)O)c2ccccc2)C1=O. The van der Waals surface area contributed by atoms with Crippen molar-refractivity contribution in [2.24, 2.45) is 16.5 Å². The Bertz CT molecular complexity index is 1100. The third-order valence-electron chi connectivity index (χ3n) is 5.20. The number of hydrogen-bond acceptors (Lipinski definition) is 5. The number of imide groups is 1. The summed E-state index contributed by atoms with van der Waals surface area (Å²) in [7, 11) is 0. The van der Waals surface area contributed by atoms with Crippen molar-refractivity contribution >= 4 is 35.5 Å². The fourth-order valence-electron chi connectivity index (χ4n) is 3.55. The summed E-state index contributed by atoms with van der Waals surface area (Å²) in [5.74, 6) is -2.50. The van der Waals surface area contributed by atoms with Gasteiger partial charge in [0.05, 0.1) is 18.2 Å². The fourth-order valence-corrected chi connectivity index (χ4v) is 3.55. The first-order valence-electron chi connectivity index (χ1n) is 10.0. The van der Waals surface area contributed by atoms with Gasteiger partial charge in [-0.1, -0.05) is 42.5 Å². The quantitative estimate of drug-likeness (QED) is 0.222. The van der Waals surface area contributed by atoms with Crippen LogP contribution in [-0.2, 0) is 19.9 Å². The Balaban J connectivity index is 1.74. The Hall–Kier alpha value is -4.41. The van der Waals surface area contributed by atoms with Crippen LogP contribution in [0.1, 0.15) is 30.5 Å².